The summed E-state index contributed by atoms with van der Waals surface area (Å²) in [5, 5.41) is 0. The fourth-order valence-corrected chi connectivity index (χ4v) is 2.79. The summed E-state index contributed by atoms with van der Waals surface area (Å²) >= 11 is 0. The summed E-state index contributed by atoms with van der Waals surface area (Å²) in [7, 11) is 0. The van der Waals surface area contributed by atoms with Crippen LogP contribution in [0.1, 0.15) is 11.3 Å². The van der Waals surface area contributed by atoms with Crippen molar-refractivity contribution in [1.29, 1.82) is 0 Å². The van der Waals surface area contributed by atoms with E-state index in [2.05, 4.69) is 19.9 Å². The molecule has 0 saturated carbocycles. The summed E-state index contributed by atoms with van der Waals surface area (Å²) in [5.41, 5.74) is 2.42. The molecule has 1 aromatic carbocycles. The van der Waals surface area contributed by atoms with E-state index in [1.807, 2.05) is 25.1 Å². The van der Waals surface area contributed by atoms with Crippen molar-refractivity contribution < 1.29 is 13.2 Å². The second-order valence-corrected chi connectivity index (χ2v) is 5.92. The first kappa shape index (κ1) is 16.3. The third kappa shape index (κ3) is 2.92. The zero-order valence-corrected chi connectivity index (χ0v) is 13.7. The van der Waals surface area contributed by atoms with E-state index in [-0.39, 0.29) is 5.69 Å². The number of hydrogen-bond acceptors (Lipinski definition) is 3. The van der Waals surface area contributed by atoms with Crippen molar-refractivity contribution in [1.82, 2.24) is 19.9 Å². The molecule has 0 aliphatic heterocycles. The van der Waals surface area contributed by atoms with Crippen LogP contribution in [0, 0.1) is 6.92 Å². The molecule has 0 radical (unpaired) electrons. The Hall–Kier alpha value is -3.22. The molecule has 0 amide bonds. The number of aromatic nitrogens is 4. The van der Waals surface area contributed by atoms with Gasteiger partial charge >= 0.3 is 6.18 Å². The van der Waals surface area contributed by atoms with Gasteiger partial charge in [-0.2, -0.15) is 13.2 Å². The van der Waals surface area contributed by atoms with Gasteiger partial charge in [-0.1, -0.05) is 12.1 Å². The van der Waals surface area contributed by atoms with Gasteiger partial charge in [0.15, 0.2) is 5.82 Å². The van der Waals surface area contributed by atoms with E-state index < -0.39 is 11.9 Å². The molecule has 1 N–H and O–H groups in total. The van der Waals surface area contributed by atoms with Crippen LogP contribution >= 0.6 is 0 Å². The first-order chi connectivity index (χ1) is 12.4. The monoisotopic (exact) mass is 354 g/mol. The van der Waals surface area contributed by atoms with Crippen LogP contribution < -0.4 is 0 Å². The Labute approximate surface area is 146 Å². The minimum absolute atomic E-state index is 0.134. The van der Waals surface area contributed by atoms with E-state index >= 15 is 0 Å². The number of imidazole rings is 1. The molecule has 7 heteroatoms. The Bertz CT molecular complexity index is 1070. The quantitative estimate of drug-likeness (QED) is 0.550. The Morgan fingerprint density at radius 3 is 2.54 bits per heavy atom. The van der Waals surface area contributed by atoms with Crippen LogP contribution in [0.15, 0.2) is 54.9 Å². The van der Waals surface area contributed by atoms with Gasteiger partial charge in [-0.3, -0.25) is 4.98 Å². The molecule has 3 heterocycles. The molecule has 0 aliphatic rings. The van der Waals surface area contributed by atoms with Crippen molar-refractivity contribution in [2.24, 2.45) is 0 Å². The number of benzene rings is 1. The molecule has 4 aromatic rings. The summed E-state index contributed by atoms with van der Waals surface area (Å²) in [6.07, 6.45) is -1.41. The molecule has 4 rings (SSSR count). The number of aryl methyl sites for hydroxylation is 1. The predicted molar refractivity (Wildman–Crippen MR) is 92.3 cm³/mol. The molecule has 0 fully saturated rings. The number of rotatable bonds is 2. The maximum absolute atomic E-state index is 13.4. The van der Waals surface area contributed by atoms with E-state index in [0.717, 1.165) is 17.1 Å². The van der Waals surface area contributed by atoms with Crippen LogP contribution in [-0.2, 0) is 6.18 Å². The van der Waals surface area contributed by atoms with Crippen molar-refractivity contribution in [3.63, 3.8) is 0 Å². The number of H-pyrrole nitrogens is 1. The average Bonchev–Trinajstić information content (AvgIpc) is 3.05. The van der Waals surface area contributed by atoms with Crippen molar-refractivity contribution in [3.05, 3.63) is 66.1 Å². The molecule has 0 aliphatic carbocycles. The number of aromatic amines is 1. The summed E-state index contributed by atoms with van der Waals surface area (Å²) in [6, 6.07) is 11.6. The smallest absolute Gasteiger partial charge is 0.337 e. The SMILES string of the molecule is Cc1ccncc1-c1cc(-c2nc3ccccc3[nH]2)nc(C(F)(F)F)c1. The number of fused-ring (bicyclic) bond motifs is 1. The lowest BCUT2D eigenvalue weighted by Gasteiger charge is -2.11. The van der Waals surface area contributed by atoms with Crippen LogP contribution in [0.4, 0.5) is 13.2 Å². The van der Waals surface area contributed by atoms with Gasteiger partial charge in [-0.05, 0) is 48.4 Å². The fraction of sp³-hybridized carbons (Fsp3) is 0.105. The molecular weight excluding hydrogens is 341 g/mol. The first-order valence-corrected chi connectivity index (χ1v) is 7.87. The number of alkyl halides is 3. The first-order valence-electron chi connectivity index (χ1n) is 7.87. The molecule has 3 aromatic heterocycles. The Kier molecular flexibility index (Phi) is 3.72. The lowest BCUT2D eigenvalue weighted by Crippen LogP contribution is -2.09. The van der Waals surface area contributed by atoms with Gasteiger partial charge in [0, 0.05) is 18.0 Å². The van der Waals surface area contributed by atoms with Crippen molar-refractivity contribution in [2.75, 3.05) is 0 Å². The third-order valence-corrected chi connectivity index (χ3v) is 4.10. The zero-order valence-electron chi connectivity index (χ0n) is 13.7. The lowest BCUT2D eigenvalue weighted by molar-refractivity contribution is -0.141. The topological polar surface area (TPSA) is 54.5 Å². The maximum atomic E-state index is 13.4. The zero-order chi connectivity index (χ0) is 18.3. The number of nitrogens with one attached hydrogen (secondary N) is 1. The van der Waals surface area contributed by atoms with E-state index in [1.165, 1.54) is 0 Å². The molecule has 0 atom stereocenters. The highest BCUT2D eigenvalue weighted by molar-refractivity contribution is 5.79. The van der Waals surface area contributed by atoms with Gasteiger partial charge < -0.3 is 4.98 Å². The van der Waals surface area contributed by atoms with E-state index in [9.17, 15) is 13.2 Å². The number of para-hydroxylation sites is 2. The molecule has 130 valence electrons. The number of pyridine rings is 2. The van der Waals surface area contributed by atoms with Gasteiger partial charge in [-0.15, -0.1) is 0 Å². The Morgan fingerprint density at radius 1 is 1.00 bits per heavy atom. The second-order valence-electron chi connectivity index (χ2n) is 5.92. The summed E-state index contributed by atoms with van der Waals surface area (Å²) < 4.78 is 40.1. The van der Waals surface area contributed by atoms with Crippen LogP contribution in [0.25, 0.3) is 33.7 Å². The van der Waals surface area contributed by atoms with Gasteiger partial charge in [0.2, 0.25) is 0 Å². The highest BCUT2D eigenvalue weighted by Gasteiger charge is 2.33. The highest BCUT2D eigenvalue weighted by Crippen LogP contribution is 2.34. The van der Waals surface area contributed by atoms with Crippen molar-refractivity contribution in [2.45, 2.75) is 13.1 Å². The van der Waals surface area contributed by atoms with E-state index in [0.29, 0.717) is 22.5 Å². The number of nitrogens with zero attached hydrogens (tertiary/aromatic N) is 3. The third-order valence-electron chi connectivity index (χ3n) is 4.10. The molecular formula is C19H13F3N4. The van der Waals surface area contributed by atoms with Crippen LogP contribution in [0.2, 0.25) is 0 Å². The van der Waals surface area contributed by atoms with Gasteiger partial charge in [-0.25, -0.2) is 9.97 Å². The standard InChI is InChI=1S/C19H13F3N4/c1-11-6-7-23-10-13(11)12-8-16(24-17(9-12)19(20,21)22)18-25-14-4-2-3-5-15(14)26-18/h2-10H,1H3,(H,25,26). The van der Waals surface area contributed by atoms with Crippen LogP contribution in [0.3, 0.4) is 0 Å². The summed E-state index contributed by atoms with van der Waals surface area (Å²) in [5.74, 6) is 0.292. The summed E-state index contributed by atoms with van der Waals surface area (Å²) in [4.78, 5) is 15.2. The normalized spacial score (nSPS) is 11.8. The minimum Gasteiger partial charge on any atom is -0.337 e. The molecule has 4 nitrogen and oxygen atoms in total. The van der Waals surface area contributed by atoms with Gasteiger partial charge in [0.1, 0.15) is 11.4 Å². The molecule has 0 unspecified atom stereocenters. The molecule has 0 spiro atoms. The predicted octanol–water partition coefficient (Wildman–Crippen LogP) is 5.01. The van der Waals surface area contributed by atoms with Crippen LogP contribution in [0.5, 0.6) is 0 Å². The molecule has 0 bridgehead atoms. The second kappa shape index (κ2) is 5.94. The number of halogens is 3. The maximum Gasteiger partial charge on any atom is 0.433 e. The van der Waals surface area contributed by atoms with E-state index in [1.54, 1.807) is 30.6 Å². The van der Waals surface area contributed by atoms with Crippen LogP contribution in [-0.4, -0.2) is 19.9 Å². The average molecular weight is 354 g/mol. The van der Waals surface area contributed by atoms with Crippen molar-refractivity contribution in [3.8, 4) is 22.6 Å². The number of hydrogen-bond donors (Lipinski definition) is 1. The lowest BCUT2D eigenvalue weighted by atomic mass is 10.0. The summed E-state index contributed by atoms with van der Waals surface area (Å²) in [6.45, 7) is 1.82. The van der Waals surface area contributed by atoms with E-state index in [4.69, 9.17) is 0 Å². The highest BCUT2D eigenvalue weighted by atomic mass is 19.4. The fourth-order valence-electron chi connectivity index (χ4n) is 2.79. The van der Waals surface area contributed by atoms with Gasteiger partial charge in [0.05, 0.1) is 11.0 Å². The van der Waals surface area contributed by atoms with Crippen molar-refractivity contribution >= 4 is 11.0 Å². The largest absolute Gasteiger partial charge is 0.433 e. The van der Waals surface area contributed by atoms with Gasteiger partial charge in [0.25, 0.3) is 0 Å². The minimum atomic E-state index is -4.56. The molecule has 0 saturated heterocycles. The Morgan fingerprint density at radius 2 is 1.81 bits per heavy atom. The molecule has 26 heavy (non-hydrogen) atoms. The Balaban J connectivity index is 1.94.